The van der Waals surface area contributed by atoms with E-state index in [1.807, 2.05) is 0 Å². The van der Waals surface area contributed by atoms with Crippen LogP contribution >= 0.6 is 0 Å². The summed E-state index contributed by atoms with van der Waals surface area (Å²) in [5, 5.41) is 9.65. The summed E-state index contributed by atoms with van der Waals surface area (Å²) in [4.78, 5) is 14.0. The van der Waals surface area contributed by atoms with Gasteiger partial charge in [-0.15, -0.1) is 0 Å². The van der Waals surface area contributed by atoms with Crippen molar-refractivity contribution in [1.82, 2.24) is 4.90 Å². The van der Waals surface area contributed by atoms with Gasteiger partial charge in [0.2, 0.25) is 0 Å². The molecule has 1 atom stereocenters. The predicted molar refractivity (Wildman–Crippen MR) is 63.5 cm³/mol. The molecule has 3 heteroatoms. The summed E-state index contributed by atoms with van der Waals surface area (Å²) < 4.78 is 0. The molecule has 0 aromatic heterocycles. The van der Waals surface area contributed by atoms with Crippen molar-refractivity contribution in [2.75, 3.05) is 6.54 Å². The second-order valence-corrected chi connectivity index (χ2v) is 5.44. The molecule has 92 valence electrons. The molecule has 2 fully saturated rings. The molecule has 16 heavy (non-hydrogen) atoms. The lowest BCUT2D eigenvalue weighted by Gasteiger charge is -2.40. The van der Waals surface area contributed by atoms with E-state index in [-0.39, 0.29) is 0 Å². The quantitative estimate of drug-likeness (QED) is 0.734. The minimum Gasteiger partial charge on any atom is -0.480 e. The molecule has 2 rings (SSSR count). The molecule has 1 heterocycles. The first-order valence-corrected chi connectivity index (χ1v) is 6.67. The van der Waals surface area contributed by atoms with Crippen LogP contribution in [0.2, 0.25) is 0 Å². The SMILES string of the molecule is CC1CCCN1C1(C(=O)O)CCCCCC1. The Morgan fingerprint density at radius 1 is 1.19 bits per heavy atom. The van der Waals surface area contributed by atoms with Crippen LogP contribution in [0.1, 0.15) is 58.3 Å². The molecular formula is C13H23NO2. The number of hydrogen-bond donors (Lipinski definition) is 1. The van der Waals surface area contributed by atoms with Gasteiger partial charge >= 0.3 is 5.97 Å². The van der Waals surface area contributed by atoms with Crippen LogP contribution in [0.5, 0.6) is 0 Å². The van der Waals surface area contributed by atoms with E-state index in [0.29, 0.717) is 6.04 Å². The normalized spacial score (nSPS) is 31.2. The Morgan fingerprint density at radius 3 is 2.25 bits per heavy atom. The summed E-state index contributed by atoms with van der Waals surface area (Å²) in [5.41, 5.74) is -0.535. The first kappa shape index (κ1) is 11.9. The van der Waals surface area contributed by atoms with E-state index in [0.717, 1.165) is 45.1 Å². The Kier molecular flexibility index (Phi) is 3.53. The number of nitrogens with zero attached hydrogens (tertiary/aromatic N) is 1. The van der Waals surface area contributed by atoms with Crippen LogP contribution in [-0.4, -0.2) is 34.1 Å². The molecule has 0 amide bonds. The summed E-state index contributed by atoms with van der Waals surface area (Å²) in [5.74, 6) is -0.580. The molecule has 0 spiro atoms. The average molecular weight is 225 g/mol. The summed E-state index contributed by atoms with van der Waals surface area (Å²) in [6.07, 6.45) is 8.60. The summed E-state index contributed by atoms with van der Waals surface area (Å²) in [6, 6.07) is 0.453. The van der Waals surface area contributed by atoms with Gasteiger partial charge in [-0.2, -0.15) is 0 Å². The van der Waals surface area contributed by atoms with Crippen LogP contribution in [0.25, 0.3) is 0 Å². The van der Waals surface area contributed by atoms with E-state index in [2.05, 4.69) is 11.8 Å². The molecule has 1 aliphatic carbocycles. The van der Waals surface area contributed by atoms with Crippen molar-refractivity contribution in [3.05, 3.63) is 0 Å². The van der Waals surface area contributed by atoms with Crippen molar-refractivity contribution in [2.45, 2.75) is 69.9 Å². The number of rotatable bonds is 2. The lowest BCUT2D eigenvalue weighted by molar-refractivity contribution is -0.153. The molecule has 3 nitrogen and oxygen atoms in total. The fraction of sp³-hybridized carbons (Fsp3) is 0.923. The number of carboxylic acid groups (broad SMARTS) is 1. The number of carboxylic acids is 1. The van der Waals surface area contributed by atoms with Gasteiger partial charge in [-0.05, 0) is 39.2 Å². The molecule has 0 aromatic rings. The Hall–Kier alpha value is -0.570. The number of likely N-dealkylation sites (tertiary alicyclic amines) is 1. The molecule has 1 unspecified atom stereocenters. The Morgan fingerprint density at radius 2 is 1.81 bits per heavy atom. The third-order valence-corrected chi connectivity index (χ3v) is 4.43. The Bertz CT molecular complexity index is 257. The van der Waals surface area contributed by atoms with Gasteiger partial charge in [0.05, 0.1) is 0 Å². The van der Waals surface area contributed by atoms with Crippen LogP contribution < -0.4 is 0 Å². The highest BCUT2D eigenvalue weighted by Crippen LogP contribution is 2.37. The topological polar surface area (TPSA) is 40.5 Å². The number of aliphatic carboxylic acids is 1. The van der Waals surface area contributed by atoms with Gasteiger partial charge in [-0.25, -0.2) is 0 Å². The Labute approximate surface area is 97.8 Å². The lowest BCUT2D eigenvalue weighted by Crippen LogP contribution is -2.55. The van der Waals surface area contributed by atoms with Gasteiger partial charge in [0, 0.05) is 6.04 Å². The standard InChI is InChI=1S/C13H23NO2/c1-11-7-6-10-14(11)13(12(15)16)8-4-2-3-5-9-13/h11H,2-10H2,1H3,(H,15,16). The summed E-state index contributed by atoms with van der Waals surface area (Å²) in [7, 11) is 0. The highest BCUT2D eigenvalue weighted by molar-refractivity contribution is 5.79. The summed E-state index contributed by atoms with van der Waals surface area (Å²) in [6.45, 7) is 3.16. The van der Waals surface area contributed by atoms with Gasteiger partial charge in [-0.1, -0.05) is 25.7 Å². The fourth-order valence-corrected chi connectivity index (χ4v) is 3.51. The van der Waals surface area contributed by atoms with Gasteiger partial charge in [0.25, 0.3) is 0 Å². The van der Waals surface area contributed by atoms with Crippen LogP contribution in [0.4, 0.5) is 0 Å². The molecule has 0 aromatic carbocycles. The fourth-order valence-electron chi connectivity index (χ4n) is 3.51. The van der Waals surface area contributed by atoms with Crippen LogP contribution in [0.3, 0.4) is 0 Å². The van der Waals surface area contributed by atoms with Crippen LogP contribution in [0, 0.1) is 0 Å². The monoisotopic (exact) mass is 225 g/mol. The van der Waals surface area contributed by atoms with Crippen molar-refractivity contribution < 1.29 is 9.90 Å². The number of carbonyl (C=O) groups is 1. The zero-order valence-corrected chi connectivity index (χ0v) is 10.2. The number of hydrogen-bond acceptors (Lipinski definition) is 2. The highest BCUT2D eigenvalue weighted by Gasteiger charge is 2.47. The third kappa shape index (κ3) is 1.97. The maximum absolute atomic E-state index is 11.7. The summed E-state index contributed by atoms with van der Waals surface area (Å²) >= 11 is 0. The van der Waals surface area contributed by atoms with Gasteiger partial charge in [-0.3, -0.25) is 9.69 Å². The zero-order valence-electron chi connectivity index (χ0n) is 10.2. The molecule has 2 aliphatic rings. The second kappa shape index (κ2) is 4.74. The third-order valence-electron chi connectivity index (χ3n) is 4.43. The maximum Gasteiger partial charge on any atom is 0.324 e. The Balaban J connectivity index is 2.22. The van der Waals surface area contributed by atoms with E-state index in [9.17, 15) is 9.90 Å². The van der Waals surface area contributed by atoms with Gasteiger partial charge in [0.1, 0.15) is 5.54 Å². The molecule has 1 saturated carbocycles. The van der Waals surface area contributed by atoms with Crippen LogP contribution in [-0.2, 0) is 4.79 Å². The molecule has 0 bridgehead atoms. The minimum atomic E-state index is -0.580. The zero-order chi connectivity index (χ0) is 11.6. The maximum atomic E-state index is 11.7. The van der Waals surface area contributed by atoms with E-state index < -0.39 is 11.5 Å². The highest BCUT2D eigenvalue weighted by atomic mass is 16.4. The van der Waals surface area contributed by atoms with Crippen molar-refractivity contribution in [1.29, 1.82) is 0 Å². The largest absolute Gasteiger partial charge is 0.480 e. The minimum absolute atomic E-state index is 0.453. The first-order valence-electron chi connectivity index (χ1n) is 6.67. The molecular weight excluding hydrogens is 202 g/mol. The van der Waals surface area contributed by atoms with Crippen molar-refractivity contribution in [2.24, 2.45) is 0 Å². The lowest BCUT2D eigenvalue weighted by atomic mass is 9.87. The molecule has 1 saturated heterocycles. The first-order chi connectivity index (χ1) is 7.67. The van der Waals surface area contributed by atoms with Crippen molar-refractivity contribution >= 4 is 5.97 Å². The smallest absolute Gasteiger partial charge is 0.324 e. The van der Waals surface area contributed by atoms with Crippen molar-refractivity contribution in [3.8, 4) is 0 Å². The van der Waals surface area contributed by atoms with E-state index in [1.54, 1.807) is 0 Å². The second-order valence-electron chi connectivity index (χ2n) is 5.44. The predicted octanol–water partition coefficient (Wildman–Crippen LogP) is 2.65. The van der Waals surface area contributed by atoms with Crippen LogP contribution in [0.15, 0.2) is 0 Å². The molecule has 0 radical (unpaired) electrons. The molecule has 1 aliphatic heterocycles. The van der Waals surface area contributed by atoms with E-state index in [4.69, 9.17) is 0 Å². The van der Waals surface area contributed by atoms with Gasteiger partial charge < -0.3 is 5.11 Å². The van der Waals surface area contributed by atoms with E-state index in [1.165, 1.54) is 12.8 Å². The van der Waals surface area contributed by atoms with E-state index >= 15 is 0 Å². The average Bonchev–Trinajstić information content (AvgIpc) is 2.55. The molecule has 1 N–H and O–H groups in total. The van der Waals surface area contributed by atoms with Gasteiger partial charge in [0.15, 0.2) is 0 Å². The van der Waals surface area contributed by atoms with Crippen molar-refractivity contribution in [3.63, 3.8) is 0 Å².